The summed E-state index contributed by atoms with van der Waals surface area (Å²) < 4.78 is 6.04. The van der Waals surface area contributed by atoms with E-state index in [-0.39, 0.29) is 23.9 Å². The second-order valence-electron chi connectivity index (χ2n) is 4.13. The van der Waals surface area contributed by atoms with E-state index in [2.05, 4.69) is 10.1 Å². The number of carbonyl (C=O) groups is 1. The zero-order valence-electron chi connectivity index (χ0n) is 10.7. The first-order valence-electron chi connectivity index (χ1n) is 6.05. The van der Waals surface area contributed by atoms with Gasteiger partial charge in [-0.2, -0.15) is 5.10 Å². The quantitative estimate of drug-likeness (QED) is 0.790. The monoisotopic (exact) mass is 299 g/mol. The second-order valence-corrected chi connectivity index (χ2v) is 4.52. The molecule has 2 heterocycles. The van der Waals surface area contributed by atoms with Gasteiger partial charge >= 0.3 is 5.97 Å². The maximum absolute atomic E-state index is 11.3. The van der Waals surface area contributed by atoms with Gasteiger partial charge in [-0.1, -0.05) is 11.6 Å². The number of nitrogens with zero attached hydrogens (tertiary/aromatic N) is 3. The lowest BCUT2D eigenvalue weighted by molar-refractivity contribution is -0.147. The fourth-order valence-electron chi connectivity index (χ4n) is 1.77. The van der Waals surface area contributed by atoms with Gasteiger partial charge in [-0.25, -0.2) is 9.50 Å². The maximum atomic E-state index is 11.3. The lowest BCUT2D eigenvalue weighted by Crippen LogP contribution is -2.24. The zero-order chi connectivity index (χ0) is 14.7. The van der Waals surface area contributed by atoms with Crippen molar-refractivity contribution in [2.45, 2.75) is 25.6 Å². The van der Waals surface area contributed by atoms with Crippen LogP contribution in [0.2, 0.25) is 5.15 Å². The average molecular weight is 300 g/mol. The molecule has 0 aromatic carbocycles. The van der Waals surface area contributed by atoms with E-state index in [9.17, 15) is 15.0 Å². The summed E-state index contributed by atoms with van der Waals surface area (Å²) in [5.74, 6) is -0.584. The average Bonchev–Trinajstić information content (AvgIpc) is 2.80. The Balaban J connectivity index is 2.20. The molecule has 2 unspecified atom stereocenters. The van der Waals surface area contributed by atoms with Crippen LogP contribution < -0.4 is 0 Å². The number of carbonyl (C=O) groups excluding carboxylic acids is 1. The molecule has 2 aromatic heterocycles. The number of ether oxygens (including phenoxy) is 1. The number of imidazole rings is 1. The van der Waals surface area contributed by atoms with Gasteiger partial charge in [0.25, 0.3) is 0 Å². The molecule has 0 radical (unpaired) electrons. The third-order valence-corrected chi connectivity index (χ3v) is 2.91. The number of fused-ring (bicyclic) bond motifs is 1. The second kappa shape index (κ2) is 6.17. The van der Waals surface area contributed by atoms with Crippen LogP contribution in [0.4, 0.5) is 0 Å². The van der Waals surface area contributed by atoms with Gasteiger partial charge in [0, 0.05) is 0 Å². The molecule has 20 heavy (non-hydrogen) atoms. The molecule has 0 amide bonds. The summed E-state index contributed by atoms with van der Waals surface area (Å²) in [6.07, 6.45) is -1.57. The molecule has 0 bridgehead atoms. The molecule has 0 aliphatic carbocycles. The smallest absolute Gasteiger partial charge is 0.308 e. The molecule has 0 saturated carbocycles. The summed E-state index contributed by atoms with van der Waals surface area (Å²) in [7, 11) is 0. The molecule has 0 saturated heterocycles. The number of halogens is 1. The highest BCUT2D eigenvalue weighted by atomic mass is 35.5. The van der Waals surface area contributed by atoms with Gasteiger partial charge in [-0.15, -0.1) is 0 Å². The fourth-order valence-corrected chi connectivity index (χ4v) is 1.91. The van der Waals surface area contributed by atoms with Crippen LogP contribution in [-0.4, -0.2) is 43.5 Å². The molecular formula is C12H14ClN3O4. The van der Waals surface area contributed by atoms with Crippen molar-refractivity contribution in [3.05, 3.63) is 29.2 Å². The Morgan fingerprint density at radius 1 is 1.50 bits per heavy atom. The van der Waals surface area contributed by atoms with Crippen molar-refractivity contribution in [1.29, 1.82) is 0 Å². The molecule has 7 nitrogen and oxygen atoms in total. The summed E-state index contributed by atoms with van der Waals surface area (Å²) in [5.41, 5.74) is 0.728. The molecule has 108 valence electrons. The van der Waals surface area contributed by atoms with E-state index in [1.54, 1.807) is 19.1 Å². The van der Waals surface area contributed by atoms with Crippen molar-refractivity contribution in [3.8, 4) is 0 Å². The summed E-state index contributed by atoms with van der Waals surface area (Å²) >= 11 is 5.78. The van der Waals surface area contributed by atoms with Crippen molar-refractivity contribution < 1.29 is 19.7 Å². The molecule has 0 fully saturated rings. The minimum absolute atomic E-state index is 0.217. The number of aromatic nitrogens is 3. The van der Waals surface area contributed by atoms with Crippen LogP contribution in [0.5, 0.6) is 0 Å². The molecule has 2 N–H and O–H groups in total. The molecule has 0 aliphatic rings. The number of hydrogen-bond acceptors (Lipinski definition) is 6. The van der Waals surface area contributed by atoms with Crippen molar-refractivity contribution in [3.63, 3.8) is 0 Å². The highest BCUT2D eigenvalue weighted by molar-refractivity contribution is 6.29. The van der Waals surface area contributed by atoms with Crippen molar-refractivity contribution in [1.82, 2.24) is 14.6 Å². The van der Waals surface area contributed by atoms with E-state index >= 15 is 0 Å². The van der Waals surface area contributed by atoms with E-state index in [0.717, 1.165) is 0 Å². The van der Waals surface area contributed by atoms with Crippen LogP contribution in [-0.2, 0) is 9.53 Å². The highest BCUT2D eigenvalue weighted by Gasteiger charge is 2.25. The Labute approximate surface area is 119 Å². The lowest BCUT2D eigenvalue weighted by Gasteiger charge is -2.16. The number of aliphatic hydroxyl groups is 2. The minimum Gasteiger partial charge on any atom is -0.466 e. The summed E-state index contributed by atoms with van der Waals surface area (Å²) in [4.78, 5) is 15.3. The van der Waals surface area contributed by atoms with Gasteiger partial charge in [0.15, 0.2) is 5.65 Å². The summed E-state index contributed by atoms with van der Waals surface area (Å²) in [6.45, 7) is 1.88. The molecule has 2 atom stereocenters. The summed E-state index contributed by atoms with van der Waals surface area (Å²) in [6, 6.07) is 3.19. The Morgan fingerprint density at radius 2 is 2.25 bits per heavy atom. The molecular weight excluding hydrogens is 286 g/mol. The molecule has 8 heteroatoms. The van der Waals surface area contributed by atoms with Crippen LogP contribution in [0, 0.1) is 0 Å². The molecule has 0 aliphatic heterocycles. The van der Waals surface area contributed by atoms with Crippen molar-refractivity contribution in [2.75, 3.05) is 6.61 Å². The SMILES string of the molecule is CCOC(=O)CC(O)C(O)c1cnc2ccc(Cl)nn12. The molecule has 2 aromatic rings. The standard InChI is InChI=1S/C12H14ClN3O4/c1-2-20-11(18)5-8(17)12(19)7-6-14-10-4-3-9(13)15-16(7)10/h3-4,6,8,12,17,19H,2,5H2,1H3. The Morgan fingerprint density at radius 3 is 2.95 bits per heavy atom. The van der Waals surface area contributed by atoms with Crippen LogP contribution in [0.3, 0.4) is 0 Å². The van der Waals surface area contributed by atoms with Crippen LogP contribution in [0.1, 0.15) is 25.1 Å². The van der Waals surface area contributed by atoms with Crippen LogP contribution >= 0.6 is 11.6 Å². The van der Waals surface area contributed by atoms with Gasteiger partial charge in [-0.05, 0) is 19.1 Å². The Bertz CT molecular complexity index is 616. The maximum Gasteiger partial charge on any atom is 0.308 e. The normalized spacial score (nSPS) is 14.2. The van der Waals surface area contributed by atoms with E-state index in [1.165, 1.54) is 10.7 Å². The third-order valence-electron chi connectivity index (χ3n) is 2.70. The van der Waals surface area contributed by atoms with Gasteiger partial charge in [0.2, 0.25) is 0 Å². The number of rotatable bonds is 5. The Hall–Kier alpha value is -1.70. The zero-order valence-corrected chi connectivity index (χ0v) is 11.5. The first-order chi connectivity index (χ1) is 9.52. The van der Waals surface area contributed by atoms with Gasteiger partial charge in [0.1, 0.15) is 11.3 Å². The summed E-state index contributed by atoms with van der Waals surface area (Å²) in [5, 5.41) is 24.2. The van der Waals surface area contributed by atoms with Gasteiger partial charge in [-0.3, -0.25) is 4.79 Å². The number of hydrogen-bond donors (Lipinski definition) is 2. The van der Waals surface area contributed by atoms with Crippen molar-refractivity contribution >= 4 is 23.2 Å². The van der Waals surface area contributed by atoms with Gasteiger partial charge < -0.3 is 14.9 Å². The van der Waals surface area contributed by atoms with E-state index in [0.29, 0.717) is 5.65 Å². The van der Waals surface area contributed by atoms with Gasteiger partial charge in [0.05, 0.1) is 31.0 Å². The Kier molecular flexibility index (Phi) is 4.53. The predicted molar refractivity (Wildman–Crippen MR) is 70.2 cm³/mol. The number of aliphatic hydroxyl groups excluding tert-OH is 2. The fraction of sp³-hybridized carbons (Fsp3) is 0.417. The highest BCUT2D eigenvalue weighted by Crippen LogP contribution is 2.20. The van der Waals surface area contributed by atoms with E-state index in [1.807, 2.05) is 0 Å². The molecule has 2 rings (SSSR count). The first kappa shape index (κ1) is 14.7. The van der Waals surface area contributed by atoms with Crippen LogP contribution in [0.25, 0.3) is 5.65 Å². The largest absolute Gasteiger partial charge is 0.466 e. The van der Waals surface area contributed by atoms with E-state index < -0.39 is 18.2 Å². The minimum atomic E-state index is -1.32. The molecule has 0 spiro atoms. The van der Waals surface area contributed by atoms with Crippen LogP contribution in [0.15, 0.2) is 18.3 Å². The predicted octanol–water partition coefficient (Wildman–Crippen LogP) is 0.730. The van der Waals surface area contributed by atoms with Crippen molar-refractivity contribution in [2.24, 2.45) is 0 Å². The lowest BCUT2D eigenvalue weighted by atomic mass is 10.1. The topological polar surface area (TPSA) is 97.0 Å². The third kappa shape index (κ3) is 3.06. The first-order valence-corrected chi connectivity index (χ1v) is 6.42. The van der Waals surface area contributed by atoms with E-state index in [4.69, 9.17) is 16.3 Å². The number of esters is 1.